The molecular formula is C21H15ClN2O6. The molecule has 0 saturated heterocycles. The van der Waals surface area contributed by atoms with E-state index in [1.54, 1.807) is 35.8 Å². The van der Waals surface area contributed by atoms with E-state index in [-0.39, 0.29) is 42.0 Å². The Morgan fingerprint density at radius 2 is 2.13 bits per heavy atom. The fraction of sp³-hybridized carbons (Fsp3) is 0.238. The number of carbonyl (C=O) groups excluding carboxylic acids is 2. The maximum Gasteiger partial charge on any atom is 0.409 e. The average molecular weight is 427 g/mol. The number of esters is 1. The Kier molecular flexibility index (Phi) is 4.00. The van der Waals surface area contributed by atoms with Gasteiger partial charge in [-0.05, 0) is 36.8 Å². The molecule has 4 heterocycles. The van der Waals surface area contributed by atoms with Gasteiger partial charge in [0.25, 0.3) is 5.56 Å². The van der Waals surface area contributed by atoms with Crippen LogP contribution in [0.4, 0.5) is 4.79 Å². The number of nitrogens with zero attached hydrogens (tertiary/aromatic N) is 2. The third-order valence-corrected chi connectivity index (χ3v) is 5.75. The lowest BCUT2D eigenvalue weighted by atomic mass is 9.86. The van der Waals surface area contributed by atoms with Crippen LogP contribution >= 0.6 is 11.6 Å². The minimum absolute atomic E-state index is 0.0851. The molecule has 0 spiro atoms. The van der Waals surface area contributed by atoms with Crippen LogP contribution in [0.25, 0.3) is 22.3 Å². The first-order chi connectivity index (χ1) is 14.3. The zero-order valence-electron chi connectivity index (χ0n) is 15.8. The molecular weight excluding hydrogens is 412 g/mol. The summed E-state index contributed by atoms with van der Waals surface area (Å²) in [6.45, 7) is 1.78. The van der Waals surface area contributed by atoms with Crippen molar-refractivity contribution in [3.8, 4) is 17.1 Å². The lowest BCUT2D eigenvalue weighted by molar-refractivity contribution is -0.172. The number of rotatable bonds is 2. The van der Waals surface area contributed by atoms with Gasteiger partial charge in [0.15, 0.2) is 5.60 Å². The van der Waals surface area contributed by atoms with Crippen molar-refractivity contribution in [2.75, 3.05) is 0 Å². The summed E-state index contributed by atoms with van der Waals surface area (Å²) >= 11 is 5.27. The van der Waals surface area contributed by atoms with Gasteiger partial charge in [0.2, 0.25) is 0 Å². The monoisotopic (exact) mass is 426 g/mol. The molecule has 3 aromatic rings. The van der Waals surface area contributed by atoms with Gasteiger partial charge in [0, 0.05) is 28.1 Å². The van der Waals surface area contributed by atoms with Gasteiger partial charge in [0.1, 0.15) is 12.4 Å². The summed E-state index contributed by atoms with van der Waals surface area (Å²) in [5.74, 6) is -0.469. The van der Waals surface area contributed by atoms with Gasteiger partial charge >= 0.3 is 11.4 Å². The van der Waals surface area contributed by atoms with E-state index in [0.29, 0.717) is 16.9 Å². The summed E-state index contributed by atoms with van der Waals surface area (Å²) in [4.78, 5) is 41.0. The number of cyclic esters (lactones) is 1. The molecule has 152 valence electrons. The smallest absolute Gasteiger partial charge is 0.409 e. The number of halogens is 1. The number of pyridine rings is 2. The highest BCUT2D eigenvalue weighted by Gasteiger charge is 2.45. The first-order valence-corrected chi connectivity index (χ1v) is 9.68. The van der Waals surface area contributed by atoms with Crippen molar-refractivity contribution in [1.29, 1.82) is 0 Å². The highest BCUT2D eigenvalue weighted by molar-refractivity contribution is 6.61. The molecule has 30 heavy (non-hydrogen) atoms. The van der Waals surface area contributed by atoms with Crippen LogP contribution in [0.15, 0.2) is 35.1 Å². The number of benzene rings is 1. The molecule has 0 bridgehead atoms. The Labute approximate surface area is 174 Å². The number of fused-ring (bicyclic) bond motifs is 5. The molecule has 9 heteroatoms. The molecule has 1 N–H and O–H groups in total. The normalized spacial score (nSPS) is 19.1. The number of hydrogen-bond donors (Lipinski definition) is 1. The Morgan fingerprint density at radius 3 is 2.87 bits per heavy atom. The highest BCUT2D eigenvalue weighted by Crippen LogP contribution is 2.38. The van der Waals surface area contributed by atoms with E-state index in [2.05, 4.69) is 4.98 Å². The Balaban J connectivity index is 1.70. The number of aromatic nitrogens is 2. The molecule has 0 unspecified atom stereocenters. The quantitative estimate of drug-likeness (QED) is 0.388. The average Bonchev–Trinajstić information content (AvgIpc) is 3.07. The first-order valence-electron chi connectivity index (χ1n) is 9.30. The molecule has 1 atom stereocenters. The molecule has 0 saturated carbocycles. The largest absolute Gasteiger partial charge is 0.458 e. The van der Waals surface area contributed by atoms with Crippen molar-refractivity contribution in [3.63, 3.8) is 0 Å². The second-order valence-electron chi connectivity index (χ2n) is 7.29. The minimum atomic E-state index is -1.86. The van der Waals surface area contributed by atoms with Crippen molar-refractivity contribution in [3.05, 3.63) is 57.4 Å². The Bertz CT molecular complexity index is 1330. The van der Waals surface area contributed by atoms with Crippen molar-refractivity contribution in [2.45, 2.75) is 32.1 Å². The number of ether oxygens (including phenoxy) is 2. The highest BCUT2D eigenvalue weighted by atomic mass is 35.5. The fourth-order valence-corrected chi connectivity index (χ4v) is 4.21. The van der Waals surface area contributed by atoms with Crippen LogP contribution in [-0.2, 0) is 28.3 Å². The fourth-order valence-electron chi connectivity index (χ4n) is 4.12. The summed E-state index contributed by atoms with van der Waals surface area (Å²) in [5, 5.41) is 11.6. The molecule has 0 radical (unpaired) electrons. The van der Waals surface area contributed by atoms with Gasteiger partial charge in [-0.15, -0.1) is 0 Å². The SMILES string of the molecule is CC[C@@]1(O)C(=O)OCc2c1cc1n(c2=O)Cc2cc3cc(OC(=O)Cl)ccc3nc2-1. The van der Waals surface area contributed by atoms with Gasteiger partial charge in [-0.1, -0.05) is 6.92 Å². The Hall–Kier alpha value is -3.23. The van der Waals surface area contributed by atoms with Crippen LogP contribution < -0.4 is 10.3 Å². The molecule has 1 aromatic carbocycles. The number of hydrogen-bond acceptors (Lipinski definition) is 7. The minimum Gasteiger partial charge on any atom is -0.458 e. The number of carbonyl (C=O) groups is 2. The predicted molar refractivity (Wildman–Crippen MR) is 106 cm³/mol. The zero-order valence-corrected chi connectivity index (χ0v) is 16.5. The summed E-state index contributed by atoms with van der Waals surface area (Å²) in [7, 11) is 0. The van der Waals surface area contributed by atoms with Crippen molar-refractivity contribution < 1.29 is 24.2 Å². The van der Waals surface area contributed by atoms with E-state index >= 15 is 0 Å². The van der Waals surface area contributed by atoms with Crippen molar-refractivity contribution in [1.82, 2.24) is 9.55 Å². The zero-order chi connectivity index (χ0) is 21.2. The standard InChI is InChI=1S/C21H15ClN2O6/c1-2-21(28)14-7-16-17-11(8-24(16)18(25)13(14)9-29-19(21)26)5-10-6-12(30-20(22)27)3-4-15(10)23-17/h3-7,28H,2,8-9H2,1H3/t21-/m0/s1. The molecule has 0 aliphatic carbocycles. The van der Waals surface area contributed by atoms with Gasteiger partial charge in [-0.25, -0.2) is 14.6 Å². The van der Waals surface area contributed by atoms with E-state index in [4.69, 9.17) is 21.1 Å². The van der Waals surface area contributed by atoms with Crippen molar-refractivity contribution in [2.24, 2.45) is 0 Å². The lowest BCUT2D eigenvalue weighted by Gasteiger charge is -2.31. The summed E-state index contributed by atoms with van der Waals surface area (Å²) in [5.41, 5.74) is -0.00449. The Morgan fingerprint density at radius 1 is 1.33 bits per heavy atom. The molecule has 0 amide bonds. The summed E-state index contributed by atoms with van der Waals surface area (Å²) < 4.78 is 11.5. The topological polar surface area (TPSA) is 108 Å². The van der Waals surface area contributed by atoms with E-state index in [1.165, 1.54) is 0 Å². The van der Waals surface area contributed by atoms with Crippen molar-refractivity contribution >= 4 is 33.9 Å². The van der Waals surface area contributed by atoms with Crippen LogP contribution in [-0.4, -0.2) is 26.1 Å². The number of aliphatic hydroxyl groups is 1. The van der Waals surface area contributed by atoms with Gasteiger partial charge in [0.05, 0.1) is 29.0 Å². The van der Waals surface area contributed by atoms with E-state index in [0.717, 1.165) is 10.9 Å². The first kappa shape index (κ1) is 18.8. The maximum absolute atomic E-state index is 13.1. The van der Waals surface area contributed by atoms with Gasteiger partial charge in [-0.3, -0.25) is 4.79 Å². The second-order valence-corrected chi connectivity index (χ2v) is 7.60. The third-order valence-electron chi connectivity index (χ3n) is 5.68. The van der Waals surface area contributed by atoms with E-state index in [9.17, 15) is 19.5 Å². The second kappa shape index (κ2) is 6.38. The van der Waals surface area contributed by atoms with E-state index < -0.39 is 17.0 Å². The third kappa shape index (κ3) is 2.57. The van der Waals surface area contributed by atoms with Crippen LogP contribution in [0, 0.1) is 0 Å². The molecule has 8 nitrogen and oxygen atoms in total. The molecule has 2 aromatic heterocycles. The maximum atomic E-state index is 13.1. The van der Waals surface area contributed by atoms with E-state index in [1.807, 2.05) is 6.07 Å². The van der Waals surface area contributed by atoms with Crippen LogP contribution in [0.5, 0.6) is 5.75 Å². The van der Waals surface area contributed by atoms with Crippen LogP contribution in [0.2, 0.25) is 0 Å². The lowest BCUT2D eigenvalue weighted by Crippen LogP contribution is -2.44. The predicted octanol–water partition coefficient (Wildman–Crippen LogP) is 2.82. The van der Waals surface area contributed by atoms with Crippen LogP contribution in [0.3, 0.4) is 0 Å². The summed E-state index contributed by atoms with van der Waals surface area (Å²) in [6, 6.07) is 8.42. The van der Waals surface area contributed by atoms with Crippen LogP contribution in [0.1, 0.15) is 30.0 Å². The molecule has 0 fully saturated rings. The summed E-state index contributed by atoms with van der Waals surface area (Å²) in [6.07, 6.45) is 0.0851. The molecule has 2 aliphatic rings. The van der Waals surface area contributed by atoms with Gasteiger partial charge in [-0.2, -0.15) is 0 Å². The molecule has 5 rings (SSSR count). The molecule has 2 aliphatic heterocycles. The van der Waals surface area contributed by atoms with Gasteiger partial charge < -0.3 is 19.1 Å².